The molecule has 1 rings (SSSR count). The zero-order chi connectivity index (χ0) is 14.0. The first-order valence-electron chi connectivity index (χ1n) is 6.06. The molecule has 0 saturated carbocycles. The highest BCUT2D eigenvalue weighted by Crippen LogP contribution is 2.41. The Morgan fingerprint density at radius 2 is 1.89 bits per heavy atom. The Hall–Kier alpha value is -1.35. The fraction of sp³-hybridized carbons (Fsp3) is 0.533. The zero-order valence-electron chi connectivity index (χ0n) is 11.4. The van der Waals surface area contributed by atoms with E-state index >= 15 is 0 Å². The van der Waals surface area contributed by atoms with Crippen molar-refractivity contribution in [1.29, 1.82) is 0 Å². The van der Waals surface area contributed by atoms with Gasteiger partial charge in [0.1, 0.15) is 0 Å². The minimum absolute atomic E-state index is 0.272. The molecule has 1 saturated heterocycles. The highest BCUT2D eigenvalue weighted by atomic mass is 16.8. The maximum atomic E-state index is 12.2. The van der Waals surface area contributed by atoms with Crippen LogP contribution in [0.4, 0.5) is 0 Å². The van der Waals surface area contributed by atoms with Gasteiger partial charge in [-0.15, -0.1) is 19.7 Å². The quantitative estimate of drug-likeness (QED) is 0.555. The third-order valence-corrected chi connectivity index (χ3v) is 3.08. The summed E-state index contributed by atoms with van der Waals surface area (Å²) in [6.07, 6.45) is 4.78. The monoisotopic (exact) mass is 250 g/mol. The molecule has 1 fully saturated rings. The minimum atomic E-state index is -1.07. The largest absolute Gasteiger partial charge is 0.433 e. The van der Waals surface area contributed by atoms with E-state index in [-0.39, 0.29) is 17.3 Å². The number of esters is 1. The zero-order valence-corrected chi connectivity index (χ0v) is 11.4. The van der Waals surface area contributed by atoms with Crippen molar-refractivity contribution in [3.8, 4) is 0 Å². The number of cyclic esters (lactones) is 1. The van der Waals surface area contributed by atoms with Crippen LogP contribution in [0.3, 0.4) is 0 Å². The smallest absolute Gasteiger partial charge is 0.342 e. The van der Waals surface area contributed by atoms with Crippen LogP contribution in [0.2, 0.25) is 0 Å². The van der Waals surface area contributed by atoms with Gasteiger partial charge in [-0.1, -0.05) is 39.0 Å². The van der Waals surface area contributed by atoms with Crippen LogP contribution in [0, 0.1) is 11.3 Å². The number of hydrogen-bond acceptors (Lipinski definition) is 3. The molecule has 2 atom stereocenters. The van der Waals surface area contributed by atoms with Gasteiger partial charge in [0.2, 0.25) is 6.29 Å². The van der Waals surface area contributed by atoms with Gasteiger partial charge in [0.05, 0.1) is 0 Å². The lowest BCUT2D eigenvalue weighted by Crippen LogP contribution is -2.43. The standard InChI is InChI=1S/C15H22O3/c1-7-10-15(11(8-2)9-3)12(16)17-13(18-15)14(4,5)6/h7-9,11,13H,1-3,10H2,4-6H3/t13-,15+/m0/s1. The van der Waals surface area contributed by atoms with E-state index in [2.05, 4.69) is 19.7 Å². The van der Waals surface area contributed by atoms with Crippen LogP contribution in [0.25, 0.3) is 0 Å². The molecular weight excluding hydrogens is 228 g/mol. The fourth-order valence-corrected chi connectivity index (χ4v) is 1.99. The second-order valence-electron chi connectivity index (χ2n) is 5.60. The van der Waals surface area contributed by atoms with E-state index in [1.165, 1.54) is 0 Å². The summed E-state index contributed by atoms with van der Waals surface area (Å²) < 4.78 is 11.3. The first-order chi connectivity index (χ1) is 8.31. The number of hydrogen-bond donors (Lipinski definition) is 0. The van der Waals surface area contributed by atoms with E-state index in [1.54, 1.807) is 18.2 Å². The molecule has 0 aromatic rings. The number of carbonyl (C=O) groups excluding carboxylic acids is 1. The lowest BCUT2D eigenvalue weighted by Gasteiger charge is -2.30. The molecule has 0 radical (unpaired) electrons. The van der Waals surface area contributed by atoms with Crippen molar-refractivity contribution in [3.05, 3.63) is 38.0 Å². The summed E-state index contributed by atoms with van der Waals surface area (Å²) in [5.41, 5.74) is -1.34. The maximum Gasteiger partial charge on any atom is 0.342 e. The molecule has 0 N–H and O–H groups in total. The molecule has 18 heavy (non-hydrogen) atoms. The molecule has 3 heteroatoms. The third kappa shape index (κ3) is 2.41. The predicted molar refractivity (Wildman–Crippen MR) is 71.8 cm³/mol. The average molecular weight is 250 g/mol. The van der Waals surface area contributed by atoms with E-state index in [4.69, 9.17) is 9.47 Å². The molecular formula is C15H22O3. The molecule has 0 spiro atoms. The predicted octanol–water partition coefficient (Wildman–Crippen LogP) is 3.24. The van der Waals surface area contributed by atoms with E-state index in [0.29, 0.717) is 6.42 Å². The number of carbonyl (C=O) groups is 1. The number of ether oxygens (including phenoxy) is 2. The van der Waals surface area contributed by atoms with Crippen LogP contribution < -0.4 is 0 Å². The van der Waals surface area contributed by atoms with Crippen molar-refractivity contribution < 1.29 is 14.3 Å². The van der Waals surface area contributed by atoms with Gasteiger partial charge in [0, 0.05) is 17.8 Å². The van der Waals surface area contributed by atoms with Crippen LogP contribution in [0.15, 0.2) is 38.0 Å². The fourth-order valence-electron chi connectivity index (χ4n) is 1.99. The molecule has 0 bridgehead atoms. The highest BCUT2D eigenvalue weighted by Gasteiger charge is 2.55. The van der Waals surface area contributed by atoms with Crippen LogP contribution in [-0.2, 0) is 14.3 Å². The number of rotatable bonds is 5. The van der Waals surface area contributed by atoms with Crippen molar-refractivity contribution in [2.45, 2.75) is 39.1 Å². The minimum Gasteiger partial charge on any atom is -0.433 e. The van der Waals surface area contributed by atoms with Crippen LogP contribution in [-0.4, -0.2) is 17.9 Å². The lowest BCUT2D eigenvalue weighted by atomic mass is 9.84. The SMILES string of the molecule is C=CC[C@]1(C(C=C)C=C)O[C@@H](C(C)(C)C)OC1=O. The molecule has 1 aliphatic rings. The molecule has 0 aromatic carbocycles. The second kappa shape index (κ2) is 5.11. The van der Waals surface area contributed by atoms with Crippen molar-refractivity contribution in [2.24, 2.45) is 11.3 Å². The average Bonchev–Trinajstić information content (AvgIpc) is 2.59. The summed E-state index contributed by atoms with van der Waals surface area (Å²) in [4.78, 5) is 12.2. The summed E-state index contributed by atoms with van der Waals surface area (Å²) in [6.45, 7) is 17.0. The van der Waals surface area contributed by atoms with Gasteiger partial charge in [-0.05, 0) is 0 Å². The topological polar surface area (TPSA) is 35.5 Å². The summed E-state index contributed by atoms with van der Waals surface area (Å²) in [7, 11) is 0. The Balaban J connectivity index is 3.13. The van der Waals surface area contributed by atoms with Crippen molar-refractivity contribution in [3.63, 3.8) is 0 Å². The van der Waals surface area contributed by atoms with Gasteiger partial charge in [-0.2, -0.15) is 0 Å². The van der Waals surface area contributed by atoms with Gasteiger partial charge in [0.25, 0.3) is 0 Å². The van der Waals surface area contributed by atoms with Gasteiger partial charge in [0.15, 0.2) is 5.60 Å². The Labute approximate surface area is 109 Å². The van der Waals surface area contributed by atoms with Gasteiger partial charge in [-0.3, -0.25) is 0 Å². The normalized spacial score (nSPS) is 28.0. The first kappa shape index (κ1) is 14.7. The highest BCUT2D eigenvalue weighted by molar-refractivity contribution is 5.82. The summed E-state index contributed by atoms with van der Waals surface area (Å²) >= 11 is 0. The Kier molecular flexibility index (Phi) is 4.17. The molecule has 3 nitrogen and oxygen atoms in total. The Morgan fingerprint density at radius 1 is 1.33 bits per heavy atom. The third-order valence-electron chi connectivity index (χ3n) is 3.08. The molecule has 1 heterocycles. The maximum absolute atomic E-state index is 12.2. The van der Waals surface area contributed by atoms with Gasteiger partial charge in [-0.25, -0.2) is 4.79 Å². The Bertz CT molecular complexity index is 356. The molecule has 0 amide bonds. The van der Waals surface area contributed by atoms with Crippen molar-refractivity contribution in [1.82, 2.24) is 0 Å². The van der Waals surface area contributed by atoms with Crippen LogP contribution in [0.1, 0.15) is 27.2 Å². The van der Waals surface area contributed by atoms with E-state index < -0.39 is 11.9 Å². The molecule has 1 aliphatic heterocycles. The Morgan fingerprint density at radius 3 is 2.22 bits per heavy atom. The summed E-state index contributed by atoms with van der Waals surface area (Å²) in [5, 5.41) is 0. The van der Waals surface area contributed by atoms with E-state index in [1.807, 2.05) is 20.8 Å². The van der Waals surface area contributed by atoms with Crippen molar-refractivity contribution >= 4 is 5.97 Å². The molecule has 100 valence electrons. The molecule has 0 unspecified atom stereocenters. The van der Waals surface area contributed by atoms with Crippen molar-refractivity contribution in [2.75, 3.05) is 0 Å². The van der Waals surface area contributed by atoms with Gasteiger partial charge < -0.3 is 9.47 Å². The van der Waals surface area contributed by atoms with Gasteiger partial charge >= 0.3 is 5.97 Å². The summed E-state index contributed by atoms with van der Waals surface area (Å²) in [5.74, 6) is -0.664. The first-order valence-corrected chi connectivity index (χ1v) is 6.06. The second-order valence-corrected chi connectivity index (χ2v) is 5.60. The molecule has 0 aromatic heterocycles. The summed E-state index contributed by atoms with van der Waals surface area (Å²) in [6, 6.07) is 0. The van der Waals surface area contributed by atoms with E-state index in [9.17, 15) is 4.79 Å². The lowest BCUT2D eigenvalue weighted by molar-refractivity contribution is -0.156. The van der Waals surface area contributed by atoms with Crippen LogP contribution >= 0.6 is 0 Å². The van der Waals surface area contributed by atoms with E-state index in [0.717, 1.165) is 0 Å². The molecule has 0 aliphatic carbocycles. The van der Waals surface area contributed by atoms with Crippen LogP contribution in [0.5, 0.6) is 0 Å².